The maximum absolute atomic E-state index is 2.20. The molecule has 0 aromatic rings. The van der Waals surface area contributed by atoms with E-state index in [2.05, 4.69) is 6.26 Å². The van der Waals surface area contributed by atoms with E-state index >= 15 is 0 Å². The van der Waals surface area contributed by atoms with Crippen molar-refractivity contribution >= 4 is 11.8 Å². The molecular formula is C8H16S. The molecule has 0 aromatic carbocycles. The zero-order valence-electron chi connectivity index (χ0n) is 6.23. The van der Waals surface area contributed by atoms with Gasteiger partial charge in [0.15, 0.2) is 0 Å². The molecule has 0 spiro atoms. The molecule has 1 fully saturated rings. The van der Waals surface area contributed by atoms with Gasteiger partial charge in [0.05, 0.1) is 0 Å². The normalized spacial score (nSPS) is 21.0. The summed E-state index contributed by atoms with van der Waals surface area (Å²) in [5, 5.41) is 0. The minimum atomic E-state index is 1.09. The summed E-state index contributed by atoms with van der Waals surface area (Å²) >= 11 is 1.99. The van der Waals surface area contributed by atoms with E-state index in [-0.39, 0.29) is 0 Å². The highest BCUT2D eigenvalue weighted by Crippen LogP contribution is 2.28. The fourth-order valence-corrected chi connectivity index (χ4v) is 2.15. The van der Waals surface area contributed by atoms with Crippen molar-refractivity contribution in [3.8, 4) is 0 Å². The highest BCUT2D eigenvalue weighted by Gasteiger charge is 2.13. The lowest BCUT2D eigenvalue weighted by Gasteiger charge is -2.05. The molecule has 0 nitrogen and oxygen atoms in total. The maximum Gasteiger partial charge on any atom is -0.00677 e. The molecular weight excluding hydrogens is 128 g/mol. The Morgan fingerprint density at radius 3 is 2.56 bits per heavy atom. The van der Waals surface area contributed by atoms with Gasteiger partial charge in [-0.3, -0.25) is 0 Å². The van der Waals surface area contributed by atoms with Gasteiger partial charge in [-0.2, -0.15) is 11.8 Å². The summed E-state index contributed by atoms with van der Waals surface area (Å²) in [4.78, 5) is 0. The molecule has 0 unspecified atom stereocenters. The van der Waals surface area contributed by atoms with Crippen molar-refractivity contribution in [2.45, 2.75) is 32.1 Å². The second-order valence-corrected chi connectivity index (χ2v) is 3.92. The smallest absolute Gasteiger partial charge is 0.00677 e. The topological polar surface area (TPSA) is 0 Å². The van der Waals surface area contributed by atoms with Crippen LogP contribution in [0, 0.1) is 5.92 Å². The minimum absolute atomic E-state index is 1.09. The Balaban J connectivity index is 1.98. The van der Waals surface area contributed by atoms with Crippen LogP contribution in [0.5, 0.6) is 0 Å². The van der Waals surface area contributed by atoms with Gasteiger partial charge in [-0.1, -0.05) is 25.7 Å². The summed E-state index contributed by atoms with van der Waals surface area (Å²) in [6.07, 6.45) is 9.70. The van der Waals surface area contributed by atoms with Crippen LogP contribution in [0.1, 0.15) is 32.1 Å². The molecule has 9 heavy (non-hydrogen) atoms. The molecule has 54 valence electrons. The van der Waals surface area contributed by atoms with Crippen LogP contribution in [0.15, 0.2) is 0 Å². The summed E-state index contributed by atoms with van der Waals surface area (Å²) in [7, 11) is 0. The number of thioether (sulfide) groups is 1. The highest BCUT2D eigenvalue weighted by molar-refractivity contribution is 7.98. The van der Waals surface area contributed by atoms with Crippen molar-refractivity contribution in [1.82, 2.24) is 0 Å². The molecule has 0 aliphatic heterocycles. The SMILES string of the molecule is CSCCC1CCCC1. The van der Waals surface area contributed by atoms with Crippen molar-refractivity contribution in [2.75, 3.05) is 12.0 Å². The highest BCUT2D eigenvalue weighted by atomic mass is 32.2. The average Bonchev–Trinajstić information content (AvgIpc) is 2.34. The molecule has 0 radical (unpaired) electrons. The first-order valence-electron chi connectivity index (χ1n) is 3.92. The van der Waals surface area contributed by atoms with E-state index in [1.54, 1.807) is 0 Å². The first-order valence-corrected chi connectivity index (χ1v) is 5.32. The zero-order chi connectivity index (χ0) is 6.53. The molecule has 1 saturated carbocycles. The van der Waals surface area contributed by atoms with Crippen molar-refractivity contribution in [3.63, 3.8) is 0 Å². The van der Waals surface area contributed by atoms with Crippen LogP contribution in [-0.2, 0) is 0 Å². The fourth-order valence-electron chi connectivity index (χ4n) is 1.58. The first kappa shape index (κ1) is 7.46. The molecule has 0 aromatic heterocycles. The van der Waals surface area contributed by atoms with Gasteiger partial charge in [-0.25, -0.2) is 0 Å². The Morgan fingerprint density at radius 2 is 2.00 bits per heavy atom. The predicted octanol–water partition coefficient (Wildman–Crippen LogP) is 2.93. The zero-order valence-corrected chi connectivity index (χ0v) is 7.04. The molecule has 0 N–H and O–H groups in total. The van der Waals surface area contributed by atoms with E-state index in [9.17, 15) is 0 Å². The predicted molar refractivity (Wildman–Crippen MR) is 45.0 cm³/mol. The van der Waals surface area contributed by atoms with E-state index in [1.165, 1.54) is 37.9 Å². The molecule has 0 atom stereocenters. The van der Waals surface area contributed by atoms with E-state index in [0.29, 0.717) is 0 Å². The van der Waals surface area contributed by atoms with Crippen LogP contribution in [0.2, 0.25) is 0 Å². The van der Waals surface area contributed by atoms with Gasteiger partial charge >= 0.3 is 0 Å². The van der Waals surface area contributed by atoms with Crippen molar-refractivity contribution in [3.05, 3.63) is 0 Å². The van der Waals surface area contributed by atoms with Crippen LogP contribution < -0.4 is 0 Å². The molecule has 0 amide bonds. The molecule has 0 bridgehead atoms. The molecule has 1 aliphatic rings. The second kappa shape index (κ2) is 4.21. The van der Waals surface area contributed by atoms with Crippen molar-refractivity contribution in [1.29, 1.82) is 0 Å². The molecule has 1 rings (SSSR count). The van der Waals surface area contributed by atoms with Gasteiger partial charge < -0.3 is 0 Å². The van der Waals surface area contributed by atoms with Crippen molar-refractivity contribution in [2.24, 2.45) is 5.92 Å². The van der Waals surface area contributed by atoms with E-state index in [4.69, 9.17) is 0 Å². The Kier molecular flexibility index (Phi) is 3.49. The number of hydrogen-bond donors (Lipinski definition) is 0. The summed E-state index contributed by atoms with van der Waals surface area (Å²) < 4.78 is 0. The van der Waals surface area contributed by atoms with Gasteiger partial charge in [-0.15, -0.1) is 0 Å². The molecule has 0 heterocycles. The molecule has 1 heteroatoms. The van der Waals surface area contributed by atoms with E-state index in [0.717, 1.165) is 5.92 Å². The lowest BCUT2D eigenvalue weighted by molar-refractivity contribution is 0.535. The second-order valence-electron chi connectivity index (χ2n) is 2.93. The standard InChI is InChI=1S/C8H16S/c1-9-7-6-8-4-2-3-5-8/h8H,2-7H2,1H3. The maximum atomic E-state index is 2.20. The summed E-state index contributed by atoms with van der Waals surface area (Å²) in [6.45, 7) is 0. The van der Waals surface area contributed by atoms with Crippen molar-refractivity contribution < 1.29 is 0 Å². The monoisotopic (exact) mass is 144 g/mol. The fraction of sp³-hybridized carbons (Fsp3) is 1.00. The van der Waals surface area contributed by atoms with Crippen LogP contribution in [0.4, 0.5) is 0 Å². The summed E-state index contributed by atoms with van der Waals surface area (Å²) in [6, 6.07) is 0. The lowest BCUT2D eigenvalue weighted by Crippen LogP contribution is -1.93. The summed E-state index contributed by atoms with van der Waals surface area (Å²) in [5.41, 5.74) is 0. The Hall–Kier alpha value is 0.350. The lowest BCUT2D eigenvalue weighted by atomic mass is 10.1. The Bertz CT molecular complexity index is 65.0. The third-order valence-electron chi connectivity index (χ3n) is 2.20. The van der Waals surface area contributed by atoms with Crippen LogP contribution >= 0.6 is 11.8 Å². The number of rotatable bonds is 3. The van der Waals surface area contributed by atoms with Gasteiger partial charge in [0.25, 0.3) is 0 Å². The van der Waals surface area contributed by atoms with Gasteiger partial charge in [0.1, 0.15) is 0 Å². The third-order valence-corrected chi connectivity index (χ3v) is 2.85. The largest absolute Gasteiger partial charge is 0.165 e. The van der Waals surface area contributed by atoms with Crippen LogP contribution in [-0.4, -0.2) is 12.0 Å². The molecule has 1 aliphatic carbocycles. The third kappa shape index (κ3) is 2.61. The van der Waals surface area contributed by atoms with E-state index < -0.39 is 0 Å². The Labute approximate surface area is 62.4 Å². The van der Waals surface area contributed by atoms with Gasteiger partial charge in [0.2, 0.25) is 0 Å². The molecule has 0 saturated heterocycles. The first-order chi connectivity index (χ1) is 4.43. The average molecular weight is 144 g/mol. The summed E-state index contributed by atoms with van der Waals surface area (Å²) in [5.74, 6) is 2.47. The van der Waals surface area contributed by atoms with Gasteiger partial charge in [0, 0.05) is 0 Å². The Morgan fingerprint density at radius 1 is 1.33 bits per heavy atom. The quantitative estimate of drug-likeness (QED) is 0.587. The van der Waals surface area contributed by atoms with Gasteiger partial charge in [-0.05, 0) is 24.3 Å². The minimum Gasteiger partial charge on any atom is -0.165 e. The van der Waals surface area contributed by atoms with Crippen LogP contribution in [0.3, 0.4) is 0 Å². The van der Waals surface area contributed by atoms with E-state index in [1.807, 2.05) is 11.8 Å². The number of hydrogen-bond acceptors (Lipinski definition) is 1. The van der Waals surface area contributed by atoms with Crippen LogP contribution in [0.25, 0.3) is 0 Å².